The molecule has 1 atom stereocenters. The van der Waals surface area contributed by atoms with Gasteiger partial charge in [0.15, 0.2) is 0 Å². The zero-order valence-corrected chi connectivity index (χ0v) is 15.6. The molecule has 20 heavy (non-hydrogen) atoms. The SMILES string of the molecule is CCCCCCCCCCCCCCCC(S)CCS. The van der Waals surface area contributed by atoms with Crippen LogP contribution in [0.3, 0.4) is 0 Å². The van der Waals surface area contributed by atoms with E-state index >= 15 is 0 Å². The van der Waals surface area contributed by atoms with Crippen molar-refractivity contribution in [1.82, 2.24) is 0 Å². The molecule has 0 saturated heterocycles. The molecular weight excluding hydrogens is 280 g/mol. The van der Waals surface area contributed by atoms with E-state index in [1.54, 1.807) is 0 Å². The van der Waals surface area contributed by atoms with E-state index in [0.717, 1.165) is 12.2 Å². The maximum Gasteiger partial charge on any atom is 0.00245 e. The van der Waals surface area contributed by atoms with E-state index in [1.165, 1.54) is 89.9 Å². The van der Waals surface area contributed by atoms with Crippen LogP contribution in [-0.2, 0) is 0 Å². The maximum atomic E-state index is 4.57. The Kier molecular flexibility index (Phi) is 18.4. The van der Waals surface area contributed by atoms with E-state index in [2.05, 4.69) is 32.2 Å². The van der Waals surface area contributed by atoms with Crippen molar-refractivity contribution in [2.45, 2.75) is 108 Å². The number of hydrogen-bond donors (Lipinski definition) is 2. The normalized spacial score (nSPS) is 12.8. The van der Waals surface area contributed by atoms with Gasteiger partial charge < -0.3 is 0 Å². The minimum Gasteiger partial charge on any atom is -0.179 e. The van der Waals surface area contributed by atoms with E-state index in [-0.39, 0.29) is 0 Å². The second-order valence-electron chi connectivity index (χ2n) is 6.20. The molecule has 0 aromatic rings. The largest absolute Gasteiger partial charge is 0.179 e. The highest BCUT2D eigenvalue weighted by molar-refractivity contribution is 7.81. The molecule has 0 spiro atoms. The van der Waals surface area contributed by atoms with Crippen molar-refractivity contribution in [2.75, 3.05) is 5.75 Å². The third-order valence-corrected chi connectivity index (χ3v) is 4.88. The highest BCUT2D eigenvalue weighted by atomic mass is 32.1. The van der Waals surface area contributed by atoms with E-state index < -0.39 is 0 Å². The Bertz CT molecular complexity index is 171. The summed E-state index contributed by atoms with van der Waals surface area (Å²) in [5.41, 5.74) is 0. The van der Waals surface area contributed by atoms with Crippen LogP contribution in [0.4, 0.5) is 0 Å². The molecule has 1 unspecified atom stereocenters. The molecule has 0 radical (unpaired) electrons. The van der Waals surface area contributed by atoms with Gasteiger partial charge in [-0.25, -0.2) is 0 Å². The van der Waals surface area contributed by atoms with Crippen molar-refractivity contribution in [2.24, 2.45) is 0 Å². The first-order valence-corrected chi connectivity index (χ1v) is 10.2. The Balaban J connectivity index is 2.99. The van der Waals surface area contributed by atoms with Gasteiger partial charge in [0, 0.05) is 5.25 Å². The second-order valence-corrected chi connectivity index (χ2v) is 7.37. The summed E-state index contributed by atoms with van der Waals surface area (Å²) in [5, 5.41) is 0.584. The molecule has 2 heteroatoms. The summed E-state index contributed by atoms with van der Waals surface area (Å²) >= 11 is 8.83. The number of rotatable bonds is 16. The lowest BCUT2D eigenvalue weighted by Crippen LogP contribution is -1.99. The van der Waals surface area contributed by atoms with Gasteiger partial charge in [0.05, 0.1) is 0 Å². The van der Waals surface area contributed by atoms with E-state index in [0.29, 0.717) is 5.25 Å². The quantitative estimate of drug-likeness (QED) is 0.220. The average molecular weight is 319 g/mol. The molecule has 0 amide bonds. The second kappa shape index (κ2) is 17.8. The van der Waals surface area contributed by atoms with Gasteiger partial charge in [-0.3, -0.25) is 0 Å². The smallest absolute Gasteiger partial charge is 0.00245 e. The Morgan fingerprint density at radius 2 is 1.00 bits per heavy atom. The van der Waals surface area contributed by atoms with Crippen LogP contribution in [0.1, 0.15) is 103 Å². The molecule has 0 rings (SSSR count). The predicted molar refractivity (Wildman–Crippen MR) is 102 cm³/mol. The van der Waals surface area contributed by atoms with Crippen LogP contribution in [0, 0.1) is 0 Å². The average Bonchev–Trinajstić information content (AvgIpc) is 2.44. The topological polar surface area (TPSA) is 0 Å². The summed E-state index contributed by atoms with van der Waals surface area (Å²) in [6.45, 7) is 2.29. The molecule has 0 fully saturated rings. The molecule has 0 N–H and O–H groups in total. The number of thiol groups is 2. The van der Waals surface area contributed by atoms with E-state index in [1.807, 2.05) is 0 Å². The van der Waals surface area contributed by atoms with Crippen molar-refractivity contribution in [3.05, 3.63) is 0 Å². The molecule has 122 valence electrons. The maximum absolute atomic E-state index is 4.57. The lowest BCUT2D eigenvalue weighted by atomic mass is 10.0. The molecule has 0 nitrogen and oxygen atoms in total. The van der Waals surface area contributed by atoms with Crippen molar-refractivity contribution in [3.8, 4) is 0 Å². The monoisotopic (exact) mass is 318 g/mol. The Hall–Kier alpha value is 0.700. The molecule has 0 bridgehead atoms. The first kappa shape index (κ1) is 20.7. The van der Waals surface area contributed by atoms with E-state index in [9.17, 15) is 0 Å². The summed E-state index contributed by atoms with van der Waals surface area (Å²) < 4.78 is 0. The van der Waals surface area contributed by atoms with Gasteiger partial charge >= 0.3 is 0 Å². The molecule has 0 aliphatic rings. The third-order valence-electron chi connectivity index (χ3n) is 4.10. The van der Waals surface area contributed by atoms with Gasteiger partial charge in [-0.2, -0.15) is 25.3 Å². The number of unbranched alkanes of at least 4 members (excludes halogenated alkanes) is 12. The molecule has 0 aromatic carbocycles. The number of hydrogen-bond acceptors (Lipinski definition) is 2. The minimum atomic E-state index is 0.584. The Morgan fingerprint density at radius 1 is 0.600 bits per heavy atom. The lowest BCUT2D eigenvalue weighted by molar-refractivity contribution is 0.533. The minimum absolute atomic E-state index is 0.584. The Labute approximate surface area is 139 Å². The van der Waals surface area contributed by atoms with Crippen LogP contribution in [0.15, 0.2) is 0 Å². The highest BCUT2D eigenvalue weighted by Crippen LogP contribution is 2.15. The molecule has 0 aliphatic carbocycles. The first-order chi connectivity index (χ1) is 9.81. The standard InChI is InChI=1S/C18H38S2/c1-2-3-4-5-6-7-8-9-10-11-12-13-14-15-18(20)16-17-19/h18-20H,2-17H2,1H3. The molecule has 0 saturated carbocycles. The van der Waals surface area contributed by atoms with Crippen LogP contribution in [0.5, 0.6) is 0 Å². The zero-order chi connectivity index (χ0) is 14.9. The zero-order valence-electron chi connectivity index (χ0n) is 13.8. The van der Waals surface area contributed by atoms with Crippen molar-refractivity contribution in [1.29, 1.82) is 0 Å². The fourth-order valence-corrected chi connectivity index (χ4v) is 3.52. The summed E-state index contributed by atoms with van der Waals surface area (Å²) in [6, 6.07) is 0. The van der Waals surface area contributed by atoms with Gasteiger partial charge in [-0.15, -0.1) is 0 Å². The molecule has 0 aliphatic heterocycles. The predicted octanol–water partition coefficient (Wildman–Crippen LogP) is 7.09. The van der Waals surface area contributed by atoms with Gasteiger partial charge in [-0.05, 0) is 18.6 Å². The van der Waals surface area contributed by atoms with Crippen LogP contribution in [0.25, 0.3) is 0 Å². The summed E-state index contributed by atoms with van der Waals surface area (Å²) in [5.74, 6) is 0.979. The Morgan fingerprint density at radius 3 is 1.40 bits per heavy atom. The fraction of sp³-hybridized carbons (Fsp3) is 1.00. The highest BCUT2D eigenvalue weighted by Gasteiger charge is 2.01. The van der Waals surface area contributed by atoms with Gasteiger partial charge in [0.2, 0.25) is 0 Å². The van der Waals surface area contributed by atoms with Crippen LogP contribution in [-0.4, -0.2) is 11.0 Å². The van der Waals surface area contributed by atoms with Crippen LogP contribution < -0.4 is 0 Å². The fourth-order valence-electron chi connectivity index (χ4n) is 2.69. The van der Waals surface area contributed by atoms with Crippen LogP contribution in [0.2, 0.25) is 0 Å². The van der Waals surface area contributed by atoms with Gasteiger partial charge in [-0.1, -0.05) is 90.4 Å². The molecular formula is C18H38S2. The van der Waals surface area contributed by atoms with Crippen molar-refractivity contribution < 1.29 is 0 Å². The van der Waals surface area contributed by atoms with E-state index in [4.69, 9.17) is 0 Å². The third kappa shape index (κ3) is 16.8. The summed E-state index contributed by atoms with van der Waals surface area (Å²) in [4.78, 5) is 0. The molecule has 0 heterocycles. The first-order valence-electron chi connectivity index (χ1n) is 9.10. The summed E-state index contributed by atoms with van der Waals surface area (Å²) in [6.07, 6.45) is 21.1. The van der Waals surface area contributed by atoms with Gasteiger partial charge in [0.1, 0.15) is 0 Å². The summed E-state index contributed by atoms with van der Waals surface area (Å²) in [7, 11) is 0. The lowest BCUT2D eigenvalue weighted by Gasteiger charge is -2.08. The van der Waals surface area contributed by atoms with Gasteiger partial charge in [0.25, 0.3) is 0 Å². The van der Waals surface area contributed by atoms with Crippen molar-refractivity contribution in [3.63, 3.8) is 0 Å². The molecule has 0 aromatic heterocycles. The van der Waals surface area contributed by atoms with Crippen LogP contribution >= 0.6 is 25.3 Å². The van der Waals surface area contributed by atoms with Crippen molar-refractivity contribution >= 4 is 25.3 Å².